The molecule has 3 fully saturated rings. The highest BCUT2D eigenvalue weighted by Gasteiger charge is 2.39. The number of halogens is 1. The molecule has 1 amide bonds. The van der Waals surface area contributed by atoms with Gasteiger partial charge in [-0.2, -0.15) is 11.8 Å². The minimum Gasteiger partial charge on any atom is -0.491 e. The smallest absolute Gasteiger partial charge is 0.225 e. The van der Waals surface area contributed by atoms with Crippen molar-refractivity contribution in [3.05, 3.63) is 36.5 Å². The van der Waals surface area contributed by atoms with Gasteiger partial charge in [0, 0.05) is 60.5 Å². The molecule has 2 saturated heterocycles. The summed E-state index contributed by atoms with van der Waals surface area (Å²) < 4.78 is 28.7. The van der Waals surface area contributed by atoms with Gasteiger partial charge in [0.25, 0.3) is 0 Å². The zero-order valence-electron chi connectivity index (χ0n) is 20.1. The standard InChI is InChI=1S/C26H30FN5O3S/c27-22-4-3-18(35-14-19-2-1-7-34-19)12-20(22)21-13-32(25-23(21)24(28)29-15-30-25)17-10-16(11-17)26(33)31-5-8-36-9-6-31/h3-4,12-13,15-17,19H,1-2,5-11,14H2,(H2,28,29,30)/t16-,17+,19-/m1/s1. The van der Waals surface area contributed by atoms with Crippen molar-refractivity contribution in [3.8, 4) is 16.9 Å². The predicted molar refractivity (Wildman–Crippen MR) is 137 cm³/mol. The van der Waals surface area contributed by atoms with Gasteiger partial charge in [-0.3, -0.25) is 4.79 Å². The first-order valence-corrected chi connectivity index (χ1v) is 13.8. The van der Waals surface area contributed by atoms with Crippen LogP contribution in [0.15, 0.2) is 30.7 Å². The molecular formula is C26H30FN5O3S. The van der Waals surface area contributed by atoms with Gasteiger partial charge in [-0.25, -0.2) is 14.4 Å². The number of nitrogens with two attached hydrogens (primary N) is 1. The number of aromatic nitrogens is 3. The van der Waals surface area contributed by atoms with E-state index in [0.717, 1.165) is 56.9 Å². The Bertz CT molecular complexity index is 1270. The maximum Gasteiger partial charge on any atom is 0.225 e. The third kappa shape index (κ3) is 4.41. The lowest BCUT2D eigenvalue weighted by Crippen LogP contribution is -2.45. The number of benzene rings is 1. The minimum atomic E-state index is -0.369. The van der Waals surface area contributed by atoms with Crippen molar-refractivity contribution in [1.29, 1.82) is 0 Å². The first-order chi connectivity index (χ1) is 17.6. The maximum absolute atomic E-state index is 15.1. The zero-order valence-corrected chi connectivity index (χ0v) is 20.9. The number of ether oxygens (including phenoxy) is 2. The number of nitrogens with zero attached hydrogens (tertiary/aromatic N) is 4. The molecule has 2 aromatic heterocycles. The van der Waals surface area contributed by atoms with Gasteiger partial charge in [-0.15, -0.1) is 0 Å². The van der Waals surface area contributed by atoms with Gasteiger partial charge in [0.1, 0.15) is 36.0 Å². The van der Waals surface area contributed by atoms with Crippen LogP contribution in [0.25, 0.3) is 22.2 Å². The van der Waals surface area contributed by atoms with Gasteiger partial charge < -0.3 is 24.7 Å². The fraction of sp³-hybridized carbons (Fsp3) is 0.500. The lowest BCUT2D eigenvalue weighted by molar-refractivity contribution is -0.139. The number of nitrogen functional groups attached to an aromatic ring is 1. The summed E-state index contributed by atoms with van der Waals surface area (Å²) in [4.78, 5) is 23.6. The quantitative estimate of drug-likeness (QED) is 0.536. The molecule has 190 valence electrons. The van der Waals surface area contributed by atoms with Gasteiger partial charge in [0.15, 0.2) is 0 Å². The SMILES string of the molecule is Nc1ncnc2c1c(-c1cc(OC[C@H]3CCCO3)ccc1F)cn2[C@H]1C[C@@H](C(=O)N2CCSCC2)C1. The third-order valence-electron chi connectivity index (χ3n) is 7.51. The Morgan fingerprint density at radius 3 is 2.83 bits per heavy atom. The van der Waals surface area contributed by atoms with Crippen LogP contribution in [0, 0.1) is 11.7 Å². The molecule has 6 rings (SSSR count). The monoisotopic (exact) mass is 511 g/mol. The number of thioether (sulfide) groups is 1. The van der Waals surface area contributed by atoms with Crippen LogP contribution in [0.1, 0.15) is 31.7 Å². The van der Waals surface area contributed by atoms with Gasteiger partial charge in [0.2, 0.25) is 5.91 Å². The largest absolute Gasteiger partial charge is 0.491 e. The van der Waals surface area contributed by atoms with Gasteiger partial charge in [-0.05, 0) is 43.9 Å². The first kappa shape index (κ1) is 23.5. The van der Waals surface area contributed by atoms with Crippen molar-refractivity contribution in [3.63, 3.8) is 0 Å². The maximum atomic E-state index is 15.1. The molecule has 3 aliphatic rings. The Morgan fingerprint density at radius 2 is 2.06 bits per heavy atom. The fourth-order valence-electron chi connectivity index (χ4n) is 5.41. The van der Waals surface area contributed by atoms with E-state index >= 15 is 4.39 Å². The Morgan fingerprint density at radius 1 is 1.22 bits per heavy atom. The van der Waals surface area contributed by atoms with Crippen molar-refractivity contribution >= 4 is 34.5 Å². The van der Waals surface area contributed by atoms with E-state index in [-0.39, 0.29) is 29.8 Å². The van der Waals surface area contributed by atoms with Crippen LogP contribution in [0.4, 0.5) is 10.2 Å². The molecule has 0 unspecified atom stereocenters. The Balaban J connectivity index is 1.27. The fourth-order valence-corrected chi connectivity index (χ4v) is 6.32. The summed E-state index contributed by atoms with van der Waals surface area (Å²) in [6, 6.07) is 4.86. The number of fused-ring (bicyclic) bond motifs is 1. The number of rotatable bonds is 6. The van der Waals surface area contributed by atoms with Crippen molar-refractivity contribution in [2.24, 2.45) is 5.92 Å². The molecule has 2 N–H and O–H groups in total. The molecule has 4 heterocycles. The number of amides is 1. The predicted octanol–water partition coefficient (Wildman–Crippen LogP) is 3.90. The van der Waals surface area contributed by atoms with Gasteiger partial charge >= 0.3 is 0 Å². The van der Waals surface area contributed by atoms with Gasteiger partial charge in [0.05, 0.1) is 11.5 Å². The molecule has 1 aromatic carbocycles. The minimum absolute atomic E-state index is 0.0180. The van der Waals surface area contributed by atoms with Crippen molar-refractivity contribution < 1.29 is 18.7 Å². The van der Waals surface area contributed by atoms with Gasteiger partial charge in [-0.1, -0.05) is 0 Å². The van der Waals surface area contributed by atoms with E-state index in [2.05, 4.69) is 9.97 Å². The van der Waals surface area contributed by atoms with Crippen LogP contribution < -0.4 is 10.5 Å². The second kappa shape index (κ2) is 9.89. The summed E-state index contributed by atoms with van der Waals surface area (Å²) in [7, 11) is 0. The highest BCUT2D eigenvalue weighted by molar-refractivity contribution is 7.99. The van der Waals surface area contributed by atoms with Crippen LogP contribution in [0.2, 0.25) is 0 Å². The molecule has 0 bridgehead atoms. The topological polar surface area (TPSA) is 95.5 Å². The van der Waals surface area contributed by atoms with Crippen LogP contribution >= 0.6 is 11.8 Å². The summed E-state index contributed by atoms with van der Waals surface area (Å²) in [6.07, 6.45) is 6.89. The average Bonchev–Trinajstić information content (AvgIpc) is 3.52. The highest BCUT2D eigenvalue weighted by Crippen LogP contribution is 2.44. The molecule has 10 heteroatoms. The lowest BCUT2D eigenvalue weighted by atomic mass is 9.79. The molecule has 36 heavy (non-hydrogen) atoms. The second-order valence-corrected chi connectivity index (χ2v) is 11.0. The van der Waals surface area contributed by atoms with Crippen LogP contribution in [0.5, 0.6) is 5.75 Å². The number of hydrogen-bond donors (Lipinski definition) is 1. The molecule has 2 aliphatic heterocycles. The third-order valence-corrected chi connectivity index (χ3v) is 8.45. The number of carbonyl (C=O) groups is 1. The summed E-state index contributed by atoms with van der Waals surface area (Å²) in [5, 5.41) is 0.621. The summed E-state index contributed by atoms with van der Waals surface area (Å²) in [5.74, 6) is 2.79. The summed E-state index contributed by atoms with van der Waals surface area (Å²) >= 11 is 1.90. The Hall–Kier alpha value is -2.85. The van der Waals surface area contributed by atoms with E-state index in [1.807, 2.05) is 27.4 Å². The summed E-state index contributed by atoms with van der Waals surface area (Å²) in [6.45, 7) is 2.85. The van der Waals surface area contributed by atoms with Crippen molar-refractivity contribution in [1.82, 2.24) is 19.4 Å². The van der Waals surface area contributed by atoms with E-state index in [1.165, 1.54) is 12.4 Å². The van der Waals surface area contributed by atoms with E-state index in [0.29, 0.717) is 40.3 Å². The Kier molecular flexibility index (Phi) is 6.47. The van der Waals surface area contributed by atoms with Crippen molar-refractivity contribution in [2.45, 2.75) is 37.8 Å². The second-order valence-electron chi connectivity index (χ2n) is 9.76. The molecule has 1 aliphatic carbocycles. The number of carbonyl (C=O) groups excluding carboxylic acids is 1. The number of hydrogen-bond acceptors (Lipinski definition) is 7. The molecule has 1 saturated carbocycles. The highest BCUT2D eigenvalue weighted by atomic mass is 32.2. The summed E-state index contributed by atoms with van der Waals surface area (Å²) in [5.41, 5.74) is 7.95. The lowest BCUT2D eigenvalue weighted by Gasteiger charge is -2.39. The van der Waals surface area contributed by atoms with E-state index in [1.54, 1.807) is 12.1 Å². The Labute approximate surface area is 213 Å². The van der Waals surface area contributed by atoms with Crippen molar-refractivity contribution in [2.75, 3.05) is 43.5 Å². The van der Waals surface area contributed by atoms with E-state index in [4.69, 9.17) is 15.2 Å². The average molecular weight is 512 g/mol. The normalized spacial score (nSPS) is 24.1. The van der Waals surface area contributed by atoms with Crippen LogP contribution in [-0.2, 0) is 9.53 Å². The van der Waals surface area contributed by atoms with E-state index in [9.17, 15) is 4.79 Å². The number of anilines is 1. The molecule has 1 atom stereocenters. The van der Waals surface area contributed by atoms with Crippen LogP contribution in [-0.4, -0.2) is 69.3 Å². The molecule has 3 aromatic rings. The molecule has 0 radical (unpaired) electrons. The zero-order chi connectivity index (χ0) is 24.6. The first-order valence-electron chi connectivity index (χ1n) is 12.6. The molecule has 8 nitrogen and oxygen atoms in total. The van der Waals surface area contributed by atoms with Crippen LogP contribution in [0.3, 0.4) is 0 Å². The van der Waals surface area contributed by atoms with E-state index < -0.39 is 0 Å². The molecular weight excluding hydrogens is 481 g/mol. The molecule has 0 spiro atoms.